The minimum absolute atomic E-state index is 1.04. The van der Waals surface area contributed by atoms with Crippen LogP contribution in [0.5, 0.6) is 0 Å². The molecule has 11 aromatic carbocycles. The molecule has 0 aliphatic heterocycles. The van der Waals surface area contributed by atoms with E-state index in [4.69, 9.17) is 0 Å². The van der Waals surface area contributed by atoms with Crippen LogP contribution in [-0.4, -0.2) is 25.0 Å². The van der Waals surface area contributed by atoms with Crippen molar-refractivity contribution in [3.63, 3.8) is 0 Å². The Morgan fingerprint density at radius 3 is 0.766 bits per heavy atom. The largest absolute Gasteiger partial charge is 0.0781 e. The lowest BCUT2D eigenvalue weighted by atomic mass is 9.87. The SMILES string of the molecule is CSC#Cc1c2cc3ccccc3cc2c(C#CSC)c2cc3cc(-c4ccc5cc6c(C#CSC)c7cc8cc9ccccc9cc8cc7c(C#CSC)c6cc5c4)ccc3cc12. The Bertz CT molecular complexity index is 4090. The number of thioether (sulfide) groups is 4. The Kier molecular flexibility index (Phi) is 10.6. The third-order valence-corrected chi connectivity index (χ3v) is 13.5. The molecule has 0 bridgehead atoms. The van der Waals surface area contributed by atoms with Crippen molar-refractivity contribution < 1.29 is 0 Å². The van der Waals surface area contributed by atoms with Gasteiger partial charge < -0.3 is 0 Å². The predicted molar refractivity (Wildman–Crippen MR) is 291 cm³/mol. The molecule has 0 saturated heterocycles. The van der Waals surface area contributed by atoms with Crippen molar-refractivity contribution in [3.05, 3.63) is 168 Å². The van der Waals surface area contributed by atoms with Crippen molar-refractivity contribution in [2.75, 3.05) is 25.0 Å². The Labute approximate surface area is 389 Å². The summed E-state index contributed by atoms with van der Waals surface area (Å²) in [5.74, 6) is 14.3. The smallest absolute Gasteiger partial charge is 0.0412 e. The molecule has 11 rings (SSSR count). The minimum atomic E-state index is 1.04. The van der Waals surface area contributed by atoms with E-state index >= 15 is 0 Å². The van der Waals surface area contributed by atoms with Crippen LogP contribution in [0, 0.1) is 44.7 Å². The standard InChI is InChI=1S/C60H36S4/c1-61-21-17-49-53-29-39-11-7-8-12-40(39)30-54(53)50(18-22-62-2)57-33-45-27-41(13-15-43(45)31-55(49)57)42-14-16-44-32-56-51(19-23-63-3)59-35-47-25-37-9-5-6-10-38(37)26-48(47)36-60(59)52(20-24-64-4)58(56)34-46(44)28-42/h5-16,25-36H,1-4H3. The summed E-state index contributed by atoms with van der Waals surface area (Å²) >= 11 is 6.17. The highest BCUT2D eigenvalue weighted by Gasteiger charge is 2.18. The van der Waals surface area contributed by atoms with Gasteiger partial charge in [-0.2, -0.15) is 0 Å². The maximum absolute atomic E-state index is 3.60. The maximum Gasteiger partial charge on any atom is 0.0412 e. The first-order valence-electron chi connectivity index (χ1n) is 20.9. The van der Waals surface area contributed by atoms with Gasteiger partial charge in [0.1, 0.15) is 0 Å². The molecule has 0 aromatic heterocycles. The Hall–Kier alpha value is -6.60. The zero-order chi connectivity index (χ0) is 43.3. The number of benzene rings is 11. The summed E-state index contributed by atoms with van der Waals surface area (Å²) in [5, 5.41) is 34.3. The van der Waals surface area contributed by atoms with Crippen LogP contribution in [0.2, 0.25) is 0 Å². The monoisotopic (exact) mass is 884 g/mol. The lowest BCUT2D eigenvalue weighted by molar-refractivity contribution is 1.68. The summed E-state index contributed by atoms with van der Waals surface area (Å²) in [7, 11) is 0. The van der Waals surface area contributed by atoms with Crippen LogP contribution < -0.4 is 0 Å². The first kappa shape index (κ1) is 40.2. The summed E-state index contributed by atoms with van der Waals surface area (Å²) < 4.78 is 0. The maximum atomic E-state index is 3.60. The zero-order valence-electron chi connectivity index (χ0n) is 35.5. The van der Waals surface area contributed by atoms with E-state index in [1.165, 1.54) is 43.1 Å². The van der Waals surface area contributed by atoms with Gasteiger partial charge in [-0.3, -0.25) is 0 Å². The molecule has 0 nitrogen and oxygen atoms in total. The lowest BCUT2D eigenvalue weighted by Crippen LogP contribution is -1.93. The summed E-state index contributed by atoms with van der Waals surface area (Å²) in [5.41, 5.74) is 6.49. The highest BCUT2D eigenvalue weighted by atomic mass is 32.2. The van der Waals surface area contributed by atoms with Crippen molar-refractivity contribution in [1.82, 2.24) is 0 Å². The molecule has 0 N–H and O–H groups in total. The first-order chi connectivity index (χ1) is 31.5. The third kappa shape index (κ3) is 6.97. The molecule has 0 aliphatic rings. The molecular formula is C60H36S4. The van der Waals surface area contributed by atoms with E-state index in [1.807, 2.05) is 25.0 Å². The topological polar surface area (TPSA) is 0 Å². The van der Waals surface area contributed by atoms with Gasteiger partial charge >= 0.3 is 0 Å². The highest BCUT2D eigenvalue weighted by molar-refractivity contribution is 8.03. The average molecular weight is 885 g/mol. The predicted octanol–water partition coefficient (Wildman–Crippen LogP) is 16.4. The van der Waals surface area contributed by atoms with Crippen LogP contribution in [0.4, 0.5) is 0 Å². The molecule has 64 heavy (non-hydrogen) atoms. The second-order valence-electron chi connectivity index (χ2n) is 15.8. The van der Waals surface area contributed by atoms with E-state index < -0.39 is 0 Å². The fraction of sp³-hybridized carbons (Fsp3) is 0.0667. The second-order valence-corrected chi connectivity index (χ2v) is 18.3. The van der Waals surface area contributed by atoms with Gasteiger partial charge in [0, 0.05) is 22.3 Å². The van der Waals surface area contributed by atoms with Crippen molar-refractivity contribution >= 4 is 144 Å². The zero-order valence-corrected chi connectivity index (χ0v) is 38.8. The molecule has 0 aliphatic carbocycles. The van der Waals surface area contributed by atoms with Gasteiger partial charge in [-0.25, -0.2) is 0 Å². The number of fused-ring (bicyclic) bond motifs is 9. The van der Waals surface area contributed by atoms with Gasteiger partial charge in [0.15, 0.2) is 0 Å². The Morgan fingerprint density at radius 1 is 0.250 bits per heavy atom. The molecule has 4 heteroatoms. The van der Waals surface area contributed by atoms with Gasteiger partial charge in [-0.1, -0.05) is 144 Å². The van der Waals surface area contributed by atoms with E-state index in [1.54, 1.807) is 47.0 Å². The minimum Gasteiger partial charge on any atom is -0.0781 e. The van der Waals surface area contributed by atoms with Gasteiger partial charge in [-0.15, -0.1) is 0 Å². The van der Waals surface area contributed by atoms with Crippen molar-refractivity contribution in [2.24, 2.45) is 0 Å². The fourth-order valence-electron chi connectivity index (χ4n) is 9.37. The molecule has 0 unspecified atom stereocenters. The summed E-state index contributed by atoms with van der Waals surface area (Å²) in [4.78, 5) is 0. The summed E-state index contributed by atoms with van der Waals surface area (Å²) in [6.07, 6.45) is 8.12. The van der Waals surface area contributed by atoms with Gasteiger partial charge in [-0.05, 0) is 227 Å². The summed E-state index contributed by atoms with van der Waals surface area (Å²) in [6, 6.07) is 53.9. The third-order valence-electron chi connectivity index (χ3n) is 12.3. The fourth-order valence-corrected chi connectivity index (χ4v) is 10.2. The molecule has 0 atom stereocenters. The molecule has 0 saturated carbocycles. The Morgan fingerprint density at radius 2 is 0.484 bits per heavy atom. The van der Waals surface area contributed by atoms with Gasteiger partial charge in [0.05, 0.1) is 0 Å². The number of hydrogen-bond donors (Lipinski definition) is 0. The van der Waals surface area contributed by atoms with Crippen LogP contribution in [0.25, 0.3) is 108 Å². The molecule has 0 amide bonds. The van der Waals surface area contributed by atoms with Crippen LogP contribution in [-0.2, 0) is 0 Å². The molecule has 0 heterocycles. The first-order valence-corrected chi connectivity index (χ1v) is 25.8. The highest BCUT2D eigenvalue weighted by Crippen LogP contribution is 2.41. The van der Waals surface area contributed by atoms with E-state index in [-0.39, 0.29) is 0 Å². The molecular weight excluding hydrogens is 849 g/mol. The van der Waals surface area contributed by atoms with Gasteiger partial charge in [0.2, 0.25) is 0 Å². The molecule has 300 valence electrons. The molecule has 0 radical (unpaired) electrons. The van der Waals surface area contributed by atoms with E-state index in [0.717, 1.165) is 87.2 Å². The van der Waals surface area contributed by atoms with Crippen molar-refractivity contribution in [3.8, 4) is 55.8 Å². The van der Waals surface area contributed by atoms with E-state index in [0.29, 0.717) is 0 Å². The van der Waals surface area contributed by atoms with Crippen molar-refractivity contribution in [1.29, 1.82) is 0 Å². The average Bonchev–Trinajstić information content (AvgIpc) is 3.33. The number of rotatable bonds is 1. The van der Waals surface area contributed by atoms with Crippen molar-refractivity contribution in [2.45, 2.75) is 0 Å². The van der Waals surface area contributed by atoms with Crippen LogP contribution in [0.15, 0.2) is 146 Å². The van der Waals surface area contributed by atoms with Crippen LogP contribution in [0.3, 0.4) is 0 Å². The molecule has 11 aromatic rings. The normalized spacial score (nSPS) is 11.2. The second kappa shape index (κ2) is 16.8. The van der Waals surface area contributed by atoms with E-state index in [9.17, 15) is 0 Å². The number of hydrogen-bond acceptors (Lipinski definition) is 4. The molecule has 0 spiro atoms. The quantitative estimate of drug-likeness (QED) is 0.119. The Balaban J connectivity index is 1.13. The summed E-state index contributed by atoms with van der Waals surface area (Å²) in [6.45, 7) is 0. The van der Waals surface area contributed by atoms with E-state index in [2.05, 4.69) is 190 Å². The van der Waals surface area contributed by atoms with Gasteiger partial charge in [0.25, 0.3) is 0 Å². The lowest BCUT2D eigenvalue weighted by Gasteiger charge is -2.15. The van der Waals surface area contributed by atoms with Crippen LogP contribution in [0.1, 0.15) is 22.3 Å². The molecule has 0 fully saturated rings. The van der Waals surface area contributed by atoms with Crippen LogP contribution >= 0.6 is 47.0 Å².